The summed E-state index contributed by atoms with van der Waals surface area (Å²) >= 11 is 0. The second kappa shape index (κ2) is 9.19. The first-order valence-electron chi connectivity index (χ1n) is 11.0. The molecule has 2 heterocycles. The van der Waals surface area contributed by atoms with Crippen molar-refractivity contribution in [3.05, 3.63) is 58.5 Å². The number of likely N-dealkylation sites (tertiary alicyclic amines) is 1. The number of nitrogens with zero attached hydrogens (tertiary/aromatic N) is 2. The van der Waals surface area contributed by atoms with E-state index in [-0.39, 0.29) is 23.7 Å². The lowest BCUT2D eigenvalue weighted by Gasteiger charge is -2.35. The van der Waals surface area contributed by atoms with Crippen molar-refractivity contribution in [2.45, 2.75) is 58.4 Å². The topological polar surface area (TPSA) is 71.8 Å². The molecule has 0 aliphatic carbocycles. The standard InChI is InChI=1S/C25H29F3N2O4/c1-15(2)16-11-20(19-9-8-17(12-21(19)31)25(26,27)28)22(32)30(13-16)18-7-6-10-29(14-18)23(33)34-24(3,4)5/h8-9,11-13,18,31H,1,6-7,10,14H2,2-5H3. The van der Waals surface area contributed by atoms with Crippen LogP contribution in [0.2, 0.25) is 0 Å². The maximum Gasteiger partial charge on any atom is 0.416 e. The number of aromatic nitrogens is 1. The van der Waals surface area contributed by atoms with Gasteiger partial charge in [0.05, 0.1) is 17.2 Å². The zero-order valence-corrected chi connectivity index (χ0v) is 19.7. The van der Waals surface area contributed by atoms with Gasteiger partial charge < -0.3 is 19.3 Å². The molecule has 2 aromatic rings. The number of phenols is 1. The van der Waals surface area contributed by atoms with Crippen LogP contribution in [0.5, 0.6) is 5.75 Å². The number of alkyl halides is 3. The first-order valence-corrected chi connectivity index (χ1v) is 11.0. The zero-order chi connectivity index (χ0) is 25.4. The lowest BCUT2D eigenvalue weighted by Crippen LogP contribution is -2.45. The van der Waals surface area contributed by atoms with E-state index in [1.807, 2.05) is 0 Å². The number of carbonyl (C=O) groups is 1. The smallest absolute Gasteiger partial charge is 0.416 e. The molecule has 0 saturated carbocycles. The van der Waals surface area contributed by atoms with Crippen LogP contribution in [0.1, 0.15) is 57.7 Å². The molecular weight excluding hydrogens is 449 g/mol. The normalized spacial score (nSPS) is 16.9. The van der Waals surface area contributed by atoms with Crippen LogP contribution in [-0.4, -0.2) is 39.4 Å². The van der Waals surface area contributed by atoms with Crippen LogP contribution in [0.4, 0.5) is 18.0 Å². The van der Waals surface area contributed by atoms with E-state index in [1.54, 1.807) is 38.8 Å². The number of halogens is 3. The molecule has 0 radical (unpaired) electrons. The summed E-state index contributed by atoms with van der Waals surface area (Å²) < 4.78 is 46.0. The SMILES string of the molecule is C=C(C)c1cc(-c2ccc(C(F)(F)F)cc2O)c(=O)n(C2CCCN(C(=O)OC(C)(C)C)C2)c1. The van der Waals surface area contributed by atoms with Gasteiger partial charge >= 0.3 is 12.3 Å². The van der Waals surface area contributed by atoms with Crippen LogP contribution >= 0.6 is 0 Å². The van der Waals surface area contributed by atoms with Gasteiger partial charge in [-0.25, -0.2) is 4.79 Å². The Morgan fingerprint density at radius 2 is 1.85 bits per heavy atom. The van der Waals surface area contributed by atoms with Crippen LogP contribution in [-0.2, 0) is 10.9 Å². The molecule has 0 bridgehead atoms. The number of aromatic hydroxyl groups is 1. The maximum absolute atomic E-state index is 13.4. The Kier molecular flexibility index (Phi) is 6.87. The monoisotopic (exact) mass is 478 g/mol. The average Bonchev–Trinajstić information content (AvgIpc) is 2.72. The number of amides is 1. The van der Waals surface area contributed by atoms with Crippen molar-refractivity contribution in [1.29, 1.82) is 0 Å². The first kappa shape index (κ1) is 25.4. The minimum Gasteiger partial charge on any atom is -0.507 e. The number of pyridine rings is 1. The molecule has 1 N–H and O–H groups in total. The summed E-state index contributed by atoms with van der Waals surface area (Å²) in [6.45, 7) is 11.7. The number of phenolic OH excluding ortho intramolecular Hbond substituents is 1. The van der Waals surface area contributed by atoms with E-state index in [2.05, 4.69) is 6.58 Å². The Balaban J connectivity index is 2.04. The van der Waals surface area contributed by atoms with Crippen LogP contribution in [0.3, 0.4) is 0 Å². The van der Waals surface area contributed by atoms with Crippen molar-refractivity contribution in [3.63, 3.8) is 0 Å². The highest BCUT2D eigenvalue weighted by molar-refractivity contribution is 5.74. The number of carbonyl (C=O) groups excluding carboxylic acids is 1. The van der Waals surface area contributed by atoms with Crippen LogP contribution in [0, 0.1) is 0 Å². The molecule has 3 rings (SSSR count). The lowest BCUT2D eigenvalue weighted by molar-refractivity contribution is -0.137. The molecule has 1 aromatic heterocycles. The van der Waals surface area contributed by atoms with Gasteiger partial charge in [-0.05, 0) is 75.9 Å². The Morgan fingerprint density at radius 3 is 2.41 bits per heavy atom. The maximum atomic E-state index is 13.4. The largest absolute Gasteiger partial charge is 0.507 e. The average molecular weight is 479 g/mol. The number of piperidine rings is 1. The van der Waals surface area contributed by atoms with E-state index >= 15 is 0 Å². The summed E-state index contributed by atoms with van der Waals surface area (Å²) in [6, 6.07) is 3.67. The molecule has 6 nitrogen and oxygen atoms in total. The van der Waals surface area contributed by atoms with Crippen LogP contribution < -0.4 is 5.56 Å². The first-order chi connectivity index (χ1) is 15.7. The molecule has 1 aliphatic rings. The van der Waals surface area contributed by atoms with E-state index in [0.29, 0.717) is 36.6 Å². The molecule has 1 aliphatic heterocycles. The molecular formula is C25H29F3N2O4. The van der Waals surface area contributed by atoms with Crippen molar-refractivity contribution in [1.82, 2.24) is 9.47 Å². The highest BCUT2D eigenvalue weighted by atomic mass is 19.4. The van der Waals surface area contributed by atoms with Crippen molar-refractivity contribution in [3.8, 4) is 16.9 Å². The van der Waals surface area contributed by atoms with Gasteiger partial charge in [-0.1, -0.05) is 6.58 Å². The highest BCUT2D eigenvalue weighted by Crippen LogP contribution is 2.36. The van der Waals surface area contributed by atoms with Gasteiger partial charge in [-0.2, -0.15) is 13.2 Å². The summed E-state index contributed by atoms with van der Waals surface area (Å²) in [5.74, 6) is -0.642. The van der Waals surface area contributed by atoms with Crippen LogP contribution in [0.25, 0.3) is 16.7 Å². The molecule has 9 heteroatoms. The predicted molar refractivity (Wildman–Crippen MR) is 124 cm³/mol. The van der Waals surface area contributed by atoms with Gasteiger partial charge in [0, 0.05) is 24.8 Å². The molecule has 0 spiro atoms. The van der Waals surface area contributed by atoms with E-state index in [4.69, 9.17) is 4.74 Å². The van der Waals surface area contributed by atoms with E-state index in [9.17, 15) is 27.9 Å². The molecule has 184 valence electrons. The Labute approximate surface area is 196 Å². The van der Waals surface area contributed by atoms with Crippen LogP contribution in [0.15, 0.2) is 41.8 Å². The summed E-state index contributed by atoms with van der Waals surface area (Å²) in [6.07, 6.45) is -2.19. The quantitative estimate of drug-likeness (QED) is 0.601. The fourth-order valence-corrected chi connectivity index (χ4v) is 3.91. The Hall–Kier alpha value is -3.23. The van der Waals surface area contributed by atoms with Crippen molar-refractivity contribution in [2.75, 3.05) is 13.1 Å². The summed E-state index contributed by atoms with van der Waals surface area (Å²) in [5.41, 5.74) is -0.852. The number of ether oxygens (including phenoxy) is 1. The molecule has 34 heavy (non-hydrogen) atoms. The van der Waals surface area contributed by atoms with Crippen molar-refractivity contribution >= 4 is 11.7 Å². The molecule has 1 fully saturated rings. The van der Waals surface area contributed by atoms with Gasteiger partial charge in [-0.3, -0.25) is 4.79 Å². The number of rotatable bonds is 3. The lowest BCUT2D eigenvalue weighted by atomic mass is 9.99. The number of hydrogen-bond donors (Lipinski definition) is 1. The summed E-state index contributed by atoms with van der Waals surface area (Å²) in [7, 11) is 0. The molecule has 1 saturated heterocycles. The minimum absolute atomic E-state index is 0.00495. The zero-order valence-electron chi connectivity index (χ0n) is 19.7. The fraction of sp³-hybridized carbons (Fsp3) is 0.440. The van der Waals surface area contributed by atoms with E-state index < -0.39 is 34.7 Å². The van der Waals surface area contributed by atoms with Gasteiger partial charge in [0.2, 0.25) is 0 Å². The van der Waals surface area contributed by atoms with Gasteiger partial charge in [0.1, 0.15) is 11.4 Å². The highest BCUT2D eigenvalue weighted by Gasteiger charge is 2.32. The van der Waals surface area contributed by atoms with E-state index in [1.165, 1.54) is 10.6 Å². The molecule has 1 unspecified atom stereocenters. The van der Waals surface area contributed by atoms with Gasteiger partial charge in [0.25, 0.3) is 5.56 Å². The van der Waals surface area contributed by atoms with Crippen molar-refractivity contribution < 1.29 is 27.8 Å². The number of allylic oxidation sites excluding steroid dienone is 1. The van der Waals surface area contributed by atoms with Crippen molar-refractivity contribution in [2.24, 2.45) is 0 Å². The third-order valence-electron chi connectivity index (χ3n) is 5.59. The van der Waals surface area contributed by atoms with Gasteiger partial charge in [-0.15, -0.1) is 0 Å². The number of benzene rings is 1. The third kappa shape index (κ3) is 5.63. The summed E-state index contributed by atoms with van der Waals surface area (Å²) in [5, 5.41) is 10.3. The third-order valence-corrected chi connectivity index (χ3v) is 5.59. The van der Waals surface area contributed by atoms with E-state index in [0.717, 1.165) is 12.1 Å². The molecule has 1 amide bonds. The molecule has 1 aromatic carbocycles. The van der Waals surface area contributed by atoms with Gasteiger partial charge in [0.15, 0.2) is 0 Å². The fourth-order valence-electron chi connectivity index (χ4n) is 3.91. The second-order valence-electron chi connectivity index (χ2n) is 9.59. The molecule has 1 atom stereocenters. The second-order valence-corrected chi connectivity index (χ2v) is 9.59. The number of hydrogen-bond acceptors (Lipinski definition) is 4. The Bertz CT molecular complexity index is 1160. The Morgan fingerprint density at radius 1 is 1.18 bits per heavy atom. The predicted octanol–water partition coefficient (Wildman–Crippen LogP) is 5.84. The summed E-state index contributed by atoms with van der Waals surface area (Å²) in [4.78, 5) is 27.6. The minimum atomic E-state index is -4.62.